The fourth-order valence-electron chi connectivity index (χ4n) is 4.47. The number of H-pyrrole nitrogens is 2. The lowest BCUT2D eigenvalue weighted by Gasteiger charge is -2.13. The van der Waals surface area contributed by atoms with Crippen LogP contribution in [-0.4, -0.2) is 62.8 Å². The molecule has 0 aliphatic carbocycles. The molecule has 0 fully saturated rings. The van der Waals surface area contributed by atoms with Crippen LogP contribution in [0.1, 0.15) is 24.6 Å². The zero-order valence-electron chi connectivity index (χ0n) is 19.8. The van der Waals surface area contributed by atoms with Crippen LogP contribution in [0.25, 0.3) is 39.1 Å². The van der Waals surface area contributed by atoms with Gasteiger partial charge in [0.25, 0.3) is 0 Å². The zero-order valence-corrected chi connectivity index (χ0v) is 19.8. The van der Waals surface area contributed by atoms with Crippen molar-refractivity contribution in [2.75, 3.05) is 20.6 Å². The fraction of sp³-hybridized carbons (Fsp3) is 0.269. The molecule has 4 N–H and O–H groups in total. The minimum absolute atomic E-state index is 0.0277. The van der Waals surface area contributed by atoms with E-state index in [1.807, 2.05) is 19.1 Å². The van der Waals surface area contributed by atoms with Gasteiger partial charge >= 0.3 is 0 Å². The number of hydrogen-bond donors (Lipinski definition) is 4. The molecule has 4 aromatic rings. The lowest BCUT2D eigenvalue weighted by molar-refractivity contribution is -0.128. The second kappa shape index (κ2) is 8.99. The molecule has 2 aromatic carbocycles. The molecule has 1 aliphatic heterocycles. The molecule has 0 saturated heterocycles. The summed E-state index contributed by atoms with van der Waals surface area (Å²) in [6.07, 6.45) is 4.83. The van der Waals surface area contributed by atoms with Crippen molar-refractivity contribution in [1.29, 1.82) is 0 Å². The lowest BCUT2D eigenvalue weighted by atomic mass is 9.96. The van der Waals surface area contributed by atoms with E-state index in [0.717, 1.165) is 22.4 Å². The van der Waals surface area contributed by atoms with Crippen LogP contribution < -0.4 is 5.32 Å². The van der Waals surface area contributed by atoms with Gasteiger partial charge in [-0.15, -0.1) is 0 Å². The molecular weight excluding hydrogens is 447 g/mol. The maximum absolute atomic E-state index is 15.5. The van der Waals surface area contributed by atoms with Crippen molar-refractivity contribution in [2.45, 2.75) is 25.8 Å². The summed E-state index contributed by atoms with van der Waals surface area (Å²) < 4.78 is 15.5. The van der Waals surface area contributed by atoms with Gasteiger partial charge in [0.2, 0.25) is 5.91 Å². The number of rotatable bonds is 6. The van der Waals surface area contributed by atoms with Crippen molar-refractivity contribution >= 4 is 22.4 Å². The van der Waals surface area contributed by atoms with E-state index < -0.39 is 5.82 Å². The summed E-state index contributed by atoms with van der Waals surface area (Å²) in [7, 11) is 3.49. The van der Waals surface area contributed by atoms with Crippen molar-refractivity contribution in [3.05, 3.63) is 59.7 Å². The maximum atomic E-state index is 15.5. The molecule has 5 rings (SSSR count). The normalized spacial score (nSPS) is 15.5. The molecule has 180 valence electrons. The van der Waals surface area contributed by atoms with E-state index >= 15 is 4.39 Å². The van der Waals surface area contributed by atoms with Gasteiger partial charge in [0.1, 0.15) is 17.0 Å². The van der Waals surface area contributed by atoms with Crippen molar-refractivity contribution in [3.63, 3.8) is 0 Å². The molecule has 35 heavy (non-hydrogen) atoms. The number of fused-ring (bicyclic) bond motifs is 1. The number of nitrogens with zero attached hydrogens (tertiary/aromatic N) is 3. The van der Waals surface area contributed by atoms with Gasteiger partial charge in [-0.2, -0.15) is 5.10 Å². The first-order chi connectivity index (χ1) is 16.9. The van der Waals surface area contributed by atoms with E-state index in [4.69, 9.17) is 0 Å². The number of phenols is 1. The van der Waals surface area contributed by atoms with E-state index in [9.17, 15) is 9.90 Å². The van der Waals surface area contributed by atoms with Crippen LogP contribution in [0.5, 0.6) is 5.75 Å². The predicted octanol–water partition coefficient (Wildman–Crippen LogP) is 3.86. The Morgan fingerprint density at radius 2 is 2.03 bits per heavy atom. The molecule has 3 heterocycles. The van der Waals surface area contributed by atoms with E-state index in [1.54, 1.807) is 49.5 Å². The van der Waals surface area contributed by atoms with Gasteiger partial charge in [-0.05, 0) is 41.3 Å². The van der Waals surface area contributed by atoms with Crippen LogP contribution >= 0.6 is 0 Å². The van der Waals surface area contributed by atoms with Gasteiger partial charge in [0.15, 0.2) is 11.6 Å². The van der Waals surface area contributed by atoms with E-state index in [0.29, 0.717) is 41.9 Å². The number of amides is 1. The Labute approximate surface area is 201 Å². The third-order valence-electron chi connectivity index (χ3n) is 6.43. The summed E-state index contributed by atoms with van der Waals surface area (Å²) >= 11 is 0. The molecule has 1 atom stereocenters. The van der Waals surface area contributed by atoms with Crippen LogP contribution in [0, 0.1) is 5.82 Å². The largest absolute Gasteiger partial charge is 0.508 e. The van der Waals surface area contributed by atoms with Gasteiger partial charge in [-0.25, -0.2) is 9.37 Å². The molecule has 0 spiro atoms. The van der Waals surface area contributed by atoms with Crippen LogP contribution in [0.2, 0.25) is 0 Å². The number of halogens is 1. The third-order valence-corrected chi connectivity index (χ3v) is 6.43. The Balaban J connectivity index is 1.45. The Kier molecular flexibility index (Phi) is 5.86. The number of carbonyl (C=O) groups excluding carboxylic acids is 1. The van der Waals surface area contributed by atoms with Crippen molar-refractivity contribution in [3.8, 4) is 28.4 Å². The lowest BCUT2D eigenvalue weighted by Crippen LogP contribution is -2.31. The molecule has 9 heteroatoms. The summed E-state index contributed by atoms with van der Waals surface area (Å²) in [5.74, 6) is 0.357. The number of hydrogen-bond acceptors (Lipinski definition) is 5. The highest BCUT2D eigenvalue weighted by Gasteiger charge is 2.22. The highest BCUT2D eigenvalue weighted by Crippen LogP contribution is 2.35. The molecule has 0 saturated carbocycles. The summed E-state index contributed by atoms with van der Waals surface area (Å²) in [5, 5.41) is 20.9. The Bertz CT molecular complexity index is 1450. The van der Waals surface area contributed by atoms with Crippen molar-refractivity contribution in [2.24, 2.45) is 0 Å². The van der Waals surface area contributed by atoms with Gasteiger partial charge in [0.05, 0.1) is 11.9 Å². The maximum Gasteiger partial charge on any atom is 0.223 e. The second-order valence-corrected chi connectivity index (χ2v) is 8.93. The topological polar surface area (TPSA) is 110 Å². The molecule has 0 unspecified atom stereocenters. The third kappa shape index (κ3) is 4.19. The smallest absolute Gasteiger partial charge is 0.223 e. The summed E-state index contributed by atoms with van der Waals surface area (Å²) in [6.45, 7) is 2.59. The number of aromatic amines is 2. The van der Waals surface area contributed by atoms with Crippen molar-refractivity contribution < 1.29 is 14.3 Å². The van der Waals surface area contributed by atoms with Crippen LogP contribution in [0.3, 0.4) is 0 Å². The average molecular weight is 475 g/mol. The highest BCUT2D eigenvalue weighted by atomic mass is 19.1. The Morgan fingerprint density at radius 1 is 1.23 bits per heavy atom. The number of aryl methyl sites for hydroxylation is 1. The standard InChI is InChI=1S/C26H27FN6O2/c1-4-14-10-17(34)5-6-18(14)19-7-8-20-24(23(19)27)31-32-25(20)26-29-13-21(30-26)15-9-16(28-12-15)11-22(35)33(2)3/h5-10,13,16,28,34H,4,11-12H2,1-3H3,(H,29,30)(H,31,32)/t16-/m1/s1. The van der Waals surface area contributed by atoms with E-state index in [1.165, 1.54) is 0 Å². The minimum Gasteiger partial charge on any atom is -0.508 e. The van der Waals surface area contributed by atoms with Crippen LogP contribution in [-0.2, 0) is 11.2 Å². The zero-order chi connectivity index (χ0) is 24.7. The number of carbonyl (C=O) groups is 1. The predicted molar refractivity (Wildman–Crippen MR) is 133 cm³/mol. The highest BCUT2D eigenvalue weighted by molar-refractivity contribution is 5.95. The molecule has 2 aromatic heterocycles. The van der Waals surface area contributed by atoms with E-state index in [-0.39, 0.29) is 23.2 Å². The summed E-state index contributed by atoms with van der Waals surface area (Å²) in [4.78, 5) is 21.4. The van der Waals surface area contributed by atoms with Gasteiger partial charge in [0, 0.05) is 44.1 Å². The van der Waals surface area contributed by atoms with Crippen LogP contribution in [0.15, 0.2) is 42.6 Å². The molecule has 1 aliphatic rings. The molecule has 1 amide bonds. The molecule has 0 bridgehead atoms. The first-order valence-corrected chi connectivity index (χ1v) is 11.5. The Hall–Kier alpha value is -3.98. The summed E-state index contributed by atoms with van der Waals surface area (Å²) in [6, 6.07) is 8.49. The molecule has 0 radical (unpaired) electrons. The Morgan fingerprint density at radius 3 is 2.80 bits per heavy atom. The first-order valence-electron chi connectivity index (χ1n) is 11.5. The minimum atomic E-state index is -0.423. The number of benzene rings is 2. The first kappa shape index (κ1) is 22.8. The quantitative estimate of drug-likeness (QED) is 0.339. The van der Waals surface area contributed by atoms with E-state index in [2.05, 4.69) is 25.5 Å². The fourth-order valence-corrected chi connectivity index (χ4v) is 4.47. The van der Waals surface area contributed by atoms with Crippen molar-refractivity contribution in [1.82, 2.24) is 30.4 Å². The van der Waals surface area contributed by atoms with Gasteiger partial charge in [-0.3, -0.25) is 9.89 Å². The number of imidazole rings is 1. The average Bonchev–Trinajstić information content (AvgIpc) is 3.58. The SMILES string of the molecule is CCc1cc(O)ccc1-c1ccc2c(-c3ncc(C4=C[C@H](CC(=O)N(C)C)NC4)[nH]3)[nH]nc2c1F. The second-order valence-electron chi connectivity index (χ2n) is 8.93. The van der Waals surface area contributed by atoms with Gasteiger partial charge in [-0.1, -0.05) is 25.1 Å². The number of aromatic hydroxyl groups is 1. The number of nitrogens with one attached hydrogen (secondary N) is 3. The summed E-state index contributed by atoms with van der Waals surface area (Å²) in [5.41, 5.74) is 4.73. The van der Waals surface area contributed by atoms with Gasteiger partial charge < -0.3 is 20.3 Å². The number of phenolic OH excluding ortho intramolecular Hbond substituents is 1. The van der Waals surface area contributed by atoms with Crippen LogP contribution in [0.4, 0.5) is 4.39 Å². The molecule has 8 nitrogen and oxygen atoms in total. The monoisotopic (exact) mass is 474 g/mol. The number of aromatic nitrogens is 4. The molecular formula is C26H27FN6O2.